The van der Waals surface area contributed by atoms with E-state index >= 15 is 0 Å². The molecule has 2 N–H and O–H groups in total. The van der Waals surface area contributed by atoms with Crippen molar-refractivity contribution in [3.8, 4) is 10.9 Å². The van der Waals surface area contributed by atoms with Gasteiger partial charge in [-0.15, -0.1) is 0 Å². The lowest BCUT2D eigenvalue weighted by atomic mass is 10.2. The van der Waals surface area contributed by atoms with Gasteiger partial charge in [-0.05, 0) is 42.7 Å². The number of benzene rings is 2. The summed E-state index contributed by atoms with van der Waals surface area (Å²) in [6.07, 6.45) is 2.82. The van der Waals surface area contributed by atoms with Crippen LogP contribution in [0, 0.1) is 0 Å². The summed E-state index contributed by atoms with van der Waals surface area (Å²) in [6, 6.07) is 16.7. The number of hydrogen-bond acceptors (Lipinski definition) is 5. The quantitative estimate of drug-likeness (QED) is 0.655. The van der Waals surface area contributed by atoms with Gasteiger partial charge in [0, 0.05) is 25.6 Å². The molecule has 0 saturated heterocycles. The first-order valence-electron chi connectivity index (χ1n) is 8.82. The van der Waals surface area contributed by atoms with E-state index in [0.29, 0.717) is 17.7 Å². The molecular weight excluding hydrogens is 346 g/mol. The highest BCUT2D eigenvalue weighted by Gasteiger charge is 2.28. The van der Waals surface area contributed by atoms with Crippen LogP contribution in [0.25, 0.3) is 10.2 Å². The first-order chi connectivity index (χ1) is 12.7. The number of amides is 1. The molecule has 0 unspecified atom stereocenters. The zero-order chi connectivity index (χ0) is 17.9. The summed E-state index contributed by atoms with van der Waals surface area (Å²) in [4.78, 5) is 17.9. The highest BCUT2D eigenvalue weighted by atomic mass is 32.1. The molecule has 1 saturated carbocycles. The number of thiazole rings is 1. The van der Waals surface area contributed by atoms with Crippen LogP contribution in [0.3, 0.4) is 0 Å². The van der Waals surface area contributed by atoms with Gasteiger partial charge in [-0.3, -0.25) is 9.69 Å². The summed E-state index contributed by atoms with van der Waals surface area (Å²) >= 11 is 1.54. The van der Waals surface area contributed by atoms with Gasteiger partial charge in [-0.2, -0.15) is 0 Å². The van der Waals surface area contributed by atoms with E-state index in [-0.39, 0.29) is 5.91 Å². The topological polar surface area (TPSA) is 68.5 Å². The largest absolute Gasteiger partial charge is 0.431 e. The van der Waals surface area contributed by atoms with Crippen molar-refractivity contribution >= 4 is 27.5 Å². The van der Waals surface area contributed by atoms with Crippen molar-refractivity contribution in [3.05, 3.63) is 54.1 Å². The Kier molecular flexibility index (Phi) is 4.86. The third kappa shape index (κ3) is 4.20. The second kappa shape index (κ2) is 7.43. The maximum Gasteiger partial charge on any atom is 0.279 e. The molecular formula is C20H21N3O2S. The molecule has 1 heterocycles. The first kappa shape index (κ1) is 17.0. The second-order valence-corrected chi connectivity index (χ2v) is 7.60. The van der Waals surface area contributed by atoms with E-state index in [1.54, 1.807) is 11.3 Å². The molecule has 1 fully saturated rings. The number of carbonyl (C=O) groups is 1. The third-order valence-electron chi connectivity index (χ3n) is 4.50. The van der Waals surface area contributed by atoms with Crippen LogP contribution in [0.15, 0.2) is 48.5 Å². The highest BCUT2D eigenvalue weighted by molar-refractivity contribution is 7.20. The predicted octanol–water partition coefficient (Wildman–Crippen LogP) is 3.93. The highest BCUT2D eigenvalue weighted by Crippen LogP contribution is 2.32. The summed E-state index contributed by atoms with van der Waals surface area (Å²) < 4.78 is 7.01. The van der Waals surface area contributed by atoms with Crippen molar-refractivity contribution in [1.29, 1.82) is 0 Å². The second-order valence-electron chi connectivity index (χ2n) is 6.61. The Labute approximate surface area is 156 Å². The van der Waals surface area contributed by atoms with E-state index in [9.17, 15) is 4.79 Å². The van der Waals surface area contributed by atoms with Gasteiger partial charge in [0.25, 0.3) is 5.19 Å². The fourth-order valence-corrected chi connectivity index (χ4v) is 3.81. The number of nitrogens with two attached hydrogens (primary N) is 1. The number of para-hydroxylation sites is 1. The molecule has 134 valence electrons. The Balaban J connectivity index is 1.40. The van der Waals surface area contributed by atoms with E-state index in [4.69, 9.17) is 10.5 Å². The lowest BCUT2D eigenvalue weighted by molar-refractivity contribution is -0.118. The Bertz CT molecular complexity index is 870. The van der Waals surface area contributed by atoms with Gasteiger partial charge >= 0.3 is 0 Å². The molecule has 2 aromatic carbocycles. The molecule has 0 spiro atoms. The molecule has 3 aromatic rings. The van der Waals surface area contributed by atoms with E-state index in [0.717, 1.165) is 29.1 Å². The minimum Gasteiger partial charge on any atom is -0.431 e. The van der Waals surface area contributed by atoms with Crippen LogP contribution in [-0.2, 0) is 11.3 Å². The lowest BCUT2D eigenvalue weighted by Crippen LogP contribution is -2.29. The molecule has 6 heteroatoms. The number of rotatable bonds is 8. The fourth-order valence-electron chi connectivity index (χ4n) is 2.98. The number of primary amides is 1. The van der Waals surface area contributed by atoms with Gasteiger partial charge in [-0.1, -0.05) is 35.6 Å². The molecule has 4 rings (SSSR count). The van der Waals surface area contributed by atoms with E-state index in [2.05, 4.69) is 22.0 Å². The summed E-state index contributed by atoms with van der Waals surface area (Å²) in [5.74, 6) is 0.540. The molecule has 0 radical (unpaired) electrons. The van der Waals surface area contributed by atoms with Gasteiger partial charge in [0.1, 0.15) is 5.75 Å². The van der Waals surface area contributed by atoms with Crippen LogP contribution in [0.4, 0.5) is 0 Å². The zero-order valence-electron chi connectivity index (χ0n) is 14.4. The van der Waals surface area contributed by atoms with E-state index in [1.165, 1.54) is 18.4 Å². The standard InChI is InChI=1S/C20H21N3O2S/c21-19(24)11-12-23(15-7-8-15)13-14-5-9-16(10-6-14)25-20-22-17-3-1-2-4-18(17)26-20/h1-6,9-10,15H,7-8,11-13H2,(H2,21,24). The Morgan fingerprint density at radius 2 is 1.96 bits per heavy atom. The van der Waals surface area contributed by atoms with Crippen LogP contribution in [0.1, 0.15) is 24.8 Å². The lowest BCUT2D eigenvalue weighted by Gasteiger charge is -2.21. The van der Waals surface area contributed by atoms with Gasteiger partial charge in [0.05, 0.1) is 10.2 Å². The number of aromatic nitrogens is 1. The van der Waals surface area contributed by atoms with Crippen LogP contribution in [0.5, 0.6) is 10.9 Å². The SMILES string of the molecule is NC(=O)CCN(Cc1ccc(Oc2nc3ccccc3s2)cc1)C1CC1. The van der Waals surface area contributed by atoms with Crippen molar-refractivity contribution in [1.82, 2.24) is 9.88 Å². The van der Waals surface area contributed by atoms with Crippen LogP contribution in [-0.4, -0.2) is 28.4 Å². The average molecular weight is 367 g/mol. The van der Waals surface area contributed by atoms with Crippen molar-refractivity contribution in [3.63, 3.8) is 0 Å². The average Bonchev–Trinajstić information content (AvgIpc) is 3.39. The molecule has 5 nitrogen and oxygen atoms in total. The smallest absolute Gasteiger partial charge is 0.279 e. The molecule has 1 aromatic heterocycles. The van der Waals surface area contributed by atoms with Crippen molar-refractivity contribution < 1.29 is 9.53 Å². The van der Waals surface area contributed by atoms with Crippen LogP contribution in [0.2, 0.25) is 0 Å². The van der Waals surface area contributed by atoms with Crippen molar-refractivity contribution in [2.45, 2.75) is 31.8 Å². The summed E-state index contributed by atoms with van der Waals surface area (Å²) in [6.45, 7) is 1.56. The third-order valence-corrected chi connectivity index (χ3v) is 5.41. The molecule has 0 aliphatic heterocycles. The van der Waals surface area contributed by atoms with E-state index < -0.39 is 0 Å². The van der Waals surface area contributed by atoms with Gasteiger partial charge in [0.15, 0.2) is 0 Å². The minimum absolute atomic E-state index is 0.241. The molecule has 1 aliphatic rings. The summed E-state index contributed by atoms with van der Waals surface area (Å²) in [5, 5.41) is 0.653. The summed E-state index contributed by atoms with van der Waals surface area (Å²) in [5.41, 5.74) is 7.45. The van der Waals surface area contributed by atoms with Crippen molar-refractivity contribution in [2.75, 3.05) is 6.54 Å². The van der Waals surface area contributed by atoms with Crippen molar-refractivity contribution in [2.24, 2.45) is 5.73 Å². The normalized spacial score (nSPS) is 14.0. The zero-order valence-corrected chi connectivity index (χ0v) is 15.2. The Morgan fingerprint density at radius 1 is 1.19 bits per heavy atom. The number of ether oxygens (including phenoxy) is 1. The number of nitrogens with zero attached hydrogens (tertiary/aromatic N) is 2. The Morgan fingerprint density at radius 3 is 2.65 bits per heavy atom. The minimum atomic E-state index is -0.241. The molecule has 1 aliphatic carbocycles. The molecule has 0 bridgehead atoms. The summed E-state index contributed by atoms with van der Waals surface area (Å²) in [7, 11) is 0. The van der Waals surface area contributed by atoms with Gasteiger partial charge < -0.3 is 10.5 Å². The van der Waals surface area contributed by atoms with E-state index in [1.807, 2.05) is 36.4 Å². The van der Waals surface area contributed by atoms with Crippen LogP contribution >= 0.6 is 11.3 Å². The molecule has 1 amide bonds. The van der Waals surface area contributed by atoms with Gasteiger partial charge in [0.2, 0.25) is 5.91 Å². The monoisotopic (exact) mass is 367 g/mol. The number of hydrogen-bond donors (Lipinski definition) is 1. The van der Waals surface area contributed by atoms with Crippen LogP contribution < -0.4 is 10.5 Å². The maximum atomic E-state index is 11.1. The molecule has 0 atom stereocenters. The number of fused-ring (bicyclic) bond motifs is 1. The predicted molar refractivity (Wildman–Crippen MR) is 103 cm³/mol. The van der Waals surface area contributed by atoms with Gasteiger partial charge in [-0.25, -0.2) is 4.98 Å². The Hall–Kier alpha value is -2.44. The number of carbonyl (C=O) groups excluding carboxylic acids is 1. The molecule has 26 heavy (non-hydrogen) atoms. The fraction of sp³-hybridized carbons (Fsp3) is 0.300. The maximum absolute atomic E-state index is 11.1. The first-order valence-corrected chi connectivity index (χ1v) is 9.64.